The van der Waals surface area contributed by atoms with Gasteiger partial charge in [0, 0.05) is 28.8 Å². The fourth-order valence-electron chi connectivity index (χ4n) is 2.78. The number of fused-ring (bicyclic) bond motifs is 1. The van der Waals surface area contributed by atoms with Crippen molar-refractivity contribution in [2.24, 2.45) is 0 Å². The van der Waals surface area contributed by atoms with E-state index in [-0.39, 0.29) is 16.1 Å². The zero-order valence-corrected chi connectivity index (χ0v) is 14.0. The van der Waals surface area contributed by atoms with Crippen LogP contribution in [0.15, 0.2) is 55.1 Å². The van der Waals surface area contributed by atoms with E-state index in [0.29, 0.717) is 28.5 Å². The summed E-state index contributed by atoms with van der Waals surface area (Å²) in [5.41, 5.74) is 8.91. The molecule has 0 aliphatic heterocycles. The Kier molecular flexibility index (Phi) is 3.92. The Morgan fingerprint density at radius 1 is 1.19 bits per heavy atom. The Bertz CT molecular complexity index is 1070. The van der Waals surface area contributed by atoms with E-state index >= 15 is 0 Å². The Morgan fingerprint density at radius 2 is 2.00 bits per heavy atom. The molecular weight excluding hydrogens is 333 g/mol. The largest absolute Gasteiger partial charge is 0.382 e. The molecule has 0 saturated carbocycles. The van der Waals surface area contributed by atoms with Crippen LogP contribution in [0, 0.1) is 5.82 Å². The first-order valence-corrected chi connectivity index (χ1v) is 8.05. The van der Waals surface area contributed by atoms with E-state index < -0.39 is 0 Å². The van der Waals surface area contributed by atoms with Gasteiger partial charge >= 0.3 is 0 Å². The van der Waals surface area contributed by atoms with Crippen molar-refractivity contribution in [3.63, 3.8) is 0 Å². The highest BCUT2D eigenvalue weighted by atomic mass is 19.1. The monoisotopic (exact) mass is 355 g/mol. The van der Waals surface area contributed by atoms with Crippen molar-refractivity contribution in [3.8, 4) is 11.3 Å². The summed E-state index contributed by atoms with van der Waals surface area (Å²) in [6.45, 7) is 1.97. The first kappa shape index (κ1) is 15.9. The number of nitrogens with one attached hydrogen (secondary N) is 1. The normalized spacial score (nSPS) is 12.2. The molecule has 3 aromatic heterocycles. The van der Waals surface area contributed by atoms with E-state index in [4.69, 9.17) is 5.73 Å². The van der Waals surface area contributed by atoms with Gasteiger partial charge in [-0.3, -0.25) is 0 Å². The molecule has 136 valence electrons. The molecule has 1 atom stereocenters. The third kappa shape index (κ3) is 2.92. The number of nitrogens with zero attached hydrogens (tertiary/aromatic N) is 5. The van der Waals surface area contributed by atoms with Gasteiger partial charge in [0.25, 0.3) is 0 Å². The maximum atomic E-state index is 13.1. The van der Waals surface area contributed by atoms with Crippen LogP contribution in [0.5, 0.6) is 0 Å². The highest BCUT2D eigenvalue weighted by molar-refractivity contribution is 5.84. The fraction of sp³-hybridized carbons (Fsp3) is 0.111. The summed E-state index contributed by atoms with van der Waals surface area (Å²) in [5.74, 6) is 0.711. The zero-order valence-electron chi connectivity index (χ0n) is 14.0. The van der Waals surface area contributed by atoms with Crippen molar-refractivity contribution in [3.05, 3.63) is 66.5 Å². The Morgan fingerprint density at radius 3 is 2.81 bits per heavy atom. The van der Waals surface area contributed by atoms with Gasteiger partial charge in [-0.15, -0.1) is 5.10 Å². The van der Waals surface area contributed by atoms with E-state index in [0.717, 1.165) is 5.56 Å². The Hall–Kier alpha value is -3.55. The molecule has 26 heavy (non-hydrogen) atoms. The average Bonchev–Trinajstić information content (AvgIpc) is 2.98. The van der Waals surface area contributed by atoms with E-state index in [1.165, 1.54) is 18.5 Å². The molecule has 1 aromatic carbocycles. The highest BCUT2D eigenvalue weighted by Gasteiger charge is 2.16. The van der Waals surface area contributed by atoms with Crippen LogP contribution in [0.3, 0.4) is 0 Å². The lowest BCUT2D eigenvalue weighted by molar-refractivity contribution is 0.626. The van der Waals surface area contributed by atoms with Crippen LogP contribution in [-0.2, 0) is 0 Å². The lowest BCUT2D eigenvalue weighted by Gasteiger charge is -2.15. The molecule has 0 amide bonds. The lowest BCUT2D eigenvalue weighted by atomic mass is 10.1. The number of rotatable bonds is 4. The number of anilines is 2. The van der Waals surface area contributed by atoms with Crippen LogP contribution in [0.4, 0.5) is 16.0 Å². The van der Waals surface area contributed by atoms with Gasteiger partial charge in [0.2, 0.25) is 0 Å². The molecule has 0 spiro atoms. The predicted molar refractivity (Wildman–Crippen MR) is 103 cm³/mol. The third-order valence-corrected chi connectivity index (χ3v) is 4.08. The molecule has 3 heterocycles. The van der Waals surface area contributed by atoms with E-state index in [2.05, 4.69) is 25.4 Å². The molecular formula is C18H22FN7. The summed E-state index contributed by atoms with van der Waals surface area (Å²) >= 11 is 0. The third-order valence-electron chi connectivity index (χ3n) is 4.08. The number of nitrogens with two attached hydrogens (primary N) is 1. The van der Waals surface area contributed by atoms with Crippen LogP contribution < -0.4 is 11.1 Å². The molecule has 3 N–H and O–H groups in total. The second kappa shape index (κ2) is 6.40. The van der Waals surface area contributed by atoms with Gasteiger partial charge < -0.3 is 11.1 Å². The average molecular weight is 355 g/mol. The molecule has 0 radical (unpaired) electrons. The number of hydrogen-bond acceptors (Lipinski definition) is 6. The standard InChI is InChI=1S/C18H16FN7.3H2/c1-11(12-3-5-13(19)6-4-12)24-15-9-14(22-10-23-15)16-17(20)25-26-8-2-7-21-18(16)26;;;/h2-11H,1H3,(H2,20,25)(H,22,23,24);3*1H/t11-;;;/m0.../s1. The minimum atomic E-state index is -0.263. The topological polar surface area (TPSA) is 94.0 Å². The molecule has 0 bridgehead atoms. The first-order chi connectivity index (χ1) is 12.6. The maximum Gasteiger partial charge on any atom is 0.166 e. The number of halogens is 1. The lowest BCUT2D eigenvalue weighted by Crippen LogP contribution is -2.08. The van der Waals surface area contributed by atoms with Gasteiger partial charge in [-0.05, 0) is 30.7 Å². The van der Waals surface area contributed by atoms with Gasteiger partial charge in [0.1, 0.15) is 18.0 Å². The predicted octanol–water partition coefficient (Wildman–Crippen LogP) is 3.82. The molecule has 4 aromatic rings. The summed E-state index contributed by atoms with van der Waals surface area (Å²) in [7, 11) is 0. The minimum Gasteiger partial charge on any atom is -0.382 e. The summed E-state index contributed by atoms with van der Waals surface area (Å²) in [6, 6.07) is 9.86. The van der Waals surface area contributed by atoms with Crippen molar-refractivity contribution in [1.29, 1.82) is 0 Å². The first-order valence-electron chi connectivity index (χ1n) is 8.05. The molecule has 4 rings (SSSR count). The molecule has 8 heteroatoms. The minimum absolute atomic E-state index is 0. The second-order valence-electron chi connectivity index (χ2n) is 5.85. The van der Waals surface area contributed by atoms with Gasteiger partial charge in [0.05, 0.1) is 11.3 Å². The molecule has 0 saturated heterocycles. The van der Waals surface area contributed by atoms with Crippen molar-refractivity contribution >= 4 is 17.3 Å². The highest BCUT2D eigenvalue weighted by Crippen LogP contribution is 2.29. The fourth-order valence-corrected chi connectivity index (χ4v) is 2.78. The van der Waals surface area contributed by atoms with Crippen molar-refractivity contribution in [2.75, 3.05) is 11.1 Å². The van der Waals surface area contributed by atoms with Gasteiger partial charge in [-0.2, -0.15) is 0 Å². The Labute approximate surface area is 153 Å². The van der Waals surface area contributed by atoms with Gasteiger partial charge in [0.15, 0.2) is 11.5 Å². The van der Waals surface area contributed by atoms with E-state index in [9.17, 15) is 4.39 Å². The van der Waals surface area contributed by atoms with Crippen LogP contribution in [0.1, 0.15) is 22.8 Å². The molecule has 0 fully saturated rings. The molecule has 0 aliphatic rings. The summed E-state index contributed by atoms with van der Waals surface area (Å²) in [6.07, 6.45) is 4.91. The number of benzene rings is 1. The van der Waals surface area contributed by atoms with Crippen molar-refractivity contribution in [2.45, 2.75) is 13.0 Å². The maximum absolute atomic E-state index is 13.1. The van der Waals surface area contributed by atoms with Crippen LogP contribution in [-0.4, -0.2) is 24.6 Å². The number of nitrogen functional groups attached to an aromatic ring is 1. The van der Waals surface area contributed by atoms with E-state index in [1.54, 1.807) is 41.2 Å². The molecule has 7 nitrogen and oxygen atoms in total. The summed E-state index contributed by atoms with van der Waals surface area (Å²) in [5, 5.41) is 7.54. The second-order valence-corrected chi connectivity index (χ2v) is 5.85. The van der Waals surface area contributed by atoms with Gasteiger partial charge in [-0.25, -0.2) is 23.9 Å². The molecule has 0 unspecified atom stereocenters. The van der Waals surface area contributed by atoms with Crippen LogP contribution >= 0.6 is 0 Å². The zero-order chi connectivity index (χ0) is 18.1. The van der Waals surface area contributed by atoms with Crippen molar-refractivity contribution in [1.82, 2.24) is 24.6 Å². The SMILES string of the molecule is C[C@H](Nc1cc(-c2c(N)nn3cccnc23)ncn1)c1ccc(F)cc1.[HH].[HH].[HH]. The summed E-state index contributed by atoms with van der Waals surface area (Å²) in [4.78, 5) is 12.9. The number of hydrogen-bond donors (Lipinski definition) is 2. The van der Waals surface area contributed by atoms with E-state index in [1.807, 2.05) is 6.92 Å². The number of aromatic nitrogens is 5. The van der Waals surface area contributed by atoms with Gasteiger partial charge in [-0.1, -0.05) is 12.1 Å². The Balaban J connectivity index is 0.00000140. The van der Waals surface area contributed by atoms with Crippen LogP contribution in [0.25, 0.3) is 16.9 Å². The summed E-state index contributed by atoms with van der Waals surface area (Å²) < 4.78 is 14.7. The van der Waals surface area contributed by atoms with Crippen LogP contribution in [0.2, 0.25) is 0 Å². The molecule has 0 aliphatic carbocycles. The van der Waals surface area contributed by atoms with Crippen molar-refractivity contribution < 1.29 is 8.67 Å². The quantitative estimate of drug-likeness (QED) is 0.578. The smallest absolute Gasteiger partial charge is 0.166 e.